The van der Waals surface area contributed by atoms with Gasteiger partial charge in [-0.25, -0.2) is 0 Å². The molecule has 0 aliphatic rings. The Morgan fingerprint density at radius 3 is 1.25 bits per heavy atom. The molecular weight excluding hydrogens is 492 g/mol. The van der Waals surface area contributed by atoms with Gasteiger partial charge >= 0.3 is 0 Å². The summed E-state index contributed by atoms with van der Waals surface area (Å²) < 4.78 is 0. The van der Waals surface area contributed by atoms with Gasteiger partial charge in [-0.3, -0.25) is 9.80 Å². The number of rotatable bonds is 14. The van der Waals surface area contributed by atoms with E-state index < -0.39 is 12.2 Å². The summed E-state index contributed by atoms with van der Waals surface area (Å²) in [5.41, 5.74) is 4.47. The van der Waals surface area contributed by atoms with Gasteiger partial charge in [-0.2, -0.15) is 0 Å². The van der Waals surface area contributed by atoms with Crippen LogP contribution in [-0.2, 0) is 13.1 Å². The summed E-state index contributed by atoms with van der Waals surface area (Å²) in [7, 11) is 0. The molecule has 0 spiro atoms. The Bertz CT molecular complexity index is 1200. The highest BCUT2D eigenvalue weighted by Gasteiger charge is 2.17. The highest BCUT2D eigenvalue weighted by Crippen LogP contribution is 2.27. The molecule has 4 nitrogen and oxygen atoms in total. The fourth-order valence-electron chi connectivity index (χ4n) is 5.28. The van der Waals surface area contributed by atoms with Crippen LogP contribution in [0.15, 0.2) is 97.1 Å². The van der Waals surface area contributed by atoms with Crippen LogP contribution < -0.4 is 0 Å². The lowest BCUT2D eigenvalue weighted by atomic mass is 9.97. The summed E-state index contributed by atoms with van der Waals surface area (Å²) >= 11 is 0. The van der Waals surface area contributed by atoms with E-state index >= 15 is 0 Å². The predicted octanol–water partition coefficient (Wildman–Crippen LogP) is 7.51. The molecule has 0 heterocycles. The Morgan fingerprint density at radius 1 is 0.525 bits per heavy atom. The average Bonchev–Trinajstić information content (AvgIpc) is 2.97. The van der Waals surface area contributed by atoms with Gasteiger partial charge in [0.15, 0.2) is 0 Å². The molecule has 4 aromatic carbocycles. The highest BCUT2D eigenvalue weighted by molar-refractivity contribution is 5.84. The van der Waals surface area contributed by atoms with Gasteiger partial charge in [0.1, 0.15) is 0 Å². The maximum absolute atomic E-state index is 11.0. The first-order chi connectivity index (χ1) is 19.3. The third-order valence-electron chi connectivity index (χ3n) is 7.95. The van der Waals surface area contributed by atoms with Crippen molar-refractivity contribution >= 4 is 10.8 Å². The molecule has 0 bridgehead atoms. The summed E-state index contributed by atoms with van der Waals surface area (Å²) in [5.74, 6) is 0. The Hall–Kier alpha value is -3.02. The molecular formula is C36H46N2O2. The van der Waals surface area contributed by atoms with Crippen molar-refractivity contribution < 1.29 is 10.2 Å². The maximum atomic E-state index is 11.0. The molecule has 212 valence electrons. The summed E-state index contributed by atoms with van der Waals surface area (Å²) in [6, 6.07) is 34.2. The highest BCUT2D eigenvalue weighted by atomic mass is 16.3. The minimum absolute atomic E-state index is 0.403. The van der Waals surface area contributed by atoms with E-state index in [4.69, 9.17) is 0 Å². The molecule has 4 heteroatoms. The van der Waals surface area contributed by atoms with E-state index in [-0.39, 0.29) is 0 Å². The molecule has 4 rings (SSSR count). The van der Waals surface area contributed by atoms with Crippen LogP contribution in [0.4, 0.5) is 0 Å². The molecule has 2 unspecified atom stereocenters. The standard InChI is InChI=1S/C36H46N2O2/c1-27(2)37(25-29-11-7-5-8-12-29)21-19-35(39)33-17-15-32-24-34(18-16-31(32)23-33)36(40)20-22-38(28(3)4)26-30-13-9-6-10-14-30/h5-18,23-24,27-28,35-36,39-40H,19-22,25-26H2,1-4H3. The van der Waals surface area contributed by atoms with Gasteiger partial charge in [0.25, 0.3) is 0 Å². The van der Waals surface area contributed by atoms with Crippen LogP contribution in [-0.4, -0.2) is 45.2 Å². The smallest absolute Gasteiger partial charge is 0.0802 e. The van der Waals surface area contributed by atoms with Crippen LogP contribution in [0.3, 0.4) is 0 Å². The number of hydrogen-bond donors (Lipinski definition) is 2. The number of aliphatic hydroxyl groups excluding tert-OH is 2. The third-order valence-corrected chi connectivity index (χ3v) is 7.95. The van der Waals surface area contributed by atoms with Gasteiger partial charge < -0.3 is 10.2 Å². The van der Waals surface area contributed by atoms with E-state index in [0.29, 0.717) is 24.9 Å². The molecule has 0 aromatic heterocycles. The summed E-state index contributed by atoms with van der Waals surface area (Å²) in [6.07, 6.45) is 0.335. The van der Waals surface area contributed by atoms with Crippen LogP contribution in [0, 0.1) is 0 Å². The van der Waals surface area contributed by atoms with Crippen LogP contribution in [0.5, 0.6) is 0 Å². The zero-order valence-corrected chi connectivity index (χ0v) is 24.6. The molecule has 0 amide bonds. The predicted molar refractivity (Wildman–Crippen MR) is 167 cm³/mol. The molecule has 4 aromatic rings. The lowest BCUT2D eigenvalue weighted by Gasteiger charge is -2.28. The van der Waals surface area contributed by atoms with Crippen molar-refractivity contribution in [2.24, 2.45) is 0 Å². The first-order valence-electron chi connectivity index (χ1n) is 14.8. The van der Waals surface area contributed by atoms with E-state index in [0.717, 1.165) is 48.1 Å². The van der Waals surface area contributed by atoms with Crippen LogP contribution in [0.2, 0.25) is 0 Å². The molecule has 2 N–H and O–H groups in total. The first kappa shape index (κ1) is 30.0. The third kappa shape index (κ3) is 8.49. The molecule has 0 aliphatic carbocycles. The summed E-state index contributed by atoms with van der Waals surface area (Å²) in [5, 5.41) is 24.2. The van der Waals surface area contributed by atoms with Gasteiger partial charge in [0, 0.05) is 38.3 Å². The fraction of sp³-hybridized carbons (Fsp3) is 0.389. The van der Waals surface area contributed by atoms with Crippen molar-refractivity contribution in [1.82, 2.24) is 9.80 Å². The maximum Gasteiger partial charge on any atom is 0.0802 e. The lowest BCUT2D eigenvalue weighted by Crippen LogP contribution is -2.32. The van der Waals surface area contributed by atoms with Gasteiger partial charge in [0.2, 0.25) is 0 Å². The van der Waals surface area contributed by atoms with Crippen molar-refractivity contribution in [2.45, 2.75) is 77.9 Å². The van der Waals surface area contributed by atoms with Gasteiger partial charge in [0.05, 0.1) is 12.2 Å². The van der Waals surface area contributed by atoms with Gasteiger partial charge in [-0.15, -0.1) is 0 Å². The molecule has 2 atom stereocenters. The van der Waals surface area contributed by atoms with Crippen molar-refractivity contribution in [1.29, 1.82) is 0 Å². The second kappa shape index (κ2) is 14.6. The van der Waals surface area contributed by atoms with Crippen LogP contribution in [0.1, 0.15) is 75.0 Å². The molecule has 0 aliphatic heterocycles. The van der Waals surface area contributed by atoms with E-state index in [9.17, 15) is 10.2 Å². The zero-order valence-electron chi connectivity index (χ0n) is 24.6. The second-order valence-corrected chi connectivity index (χ2v) is 11.6. The molecule has 40 heavy (non-hydrogen) atoms. The van der Waals surface area contributed by atoms with E-state index in [2.05, 4.69) is 110 Å². The Balaban J connectivity index is 1.35. The second-order valence-electron chi connectivity index (χ2n) is 11.6. The topological polar surface area (TPSA) is 46.9 Å². The monoisotopic (exact) mass is 538 g/mol. The lowest BCUT2D eigenvalue weighted by molar-refractivity contribution is 0.126. The van der Waals surface area contributed by atoms with E-state index in [1.54, 1.807) is 0 Å². The Morgan fingerprint density at radius 2 is 0.900 bits per heavy atom. The SMILES string of the molecule is CC(C)N(CCC(O)c1ccc2cc(C(O)CCN(Cc3ccccc3)C(C)C)ccc2c1)Cc1ccccc1. The van der Waals surface area contributed by atoms with Crippen molar-refractivity contribution in [2.75, 3.05) is 13.1 Å². The summed E-state index contributed by atoms with van der Waals surface area (Å²) in [6.45, 7) is 12.3. The van der Waals surface area contributed by atoms with E-state index in [1.165, 1.54) is 11.1 Å². The van der Waals surface area contributed by atoms with Crippen molar-refractivity contribution in [3.8, 4) is 0 Å². The Labute approximate surface area is 240 Å². The van der Waals surface area contributed by atoms with Crippen LogP contribution in [0.25, 0.3) is 10.8 Å². The summed E-state index contributed by atoms with van der Waals surface area (Å²) in [4.78, 5) is 4.82. The molecule has 0 fully saturated rings. The average molecular weight is 539 g/mol. The zero-order chi connectivity index (χ0) is 28.5. The number of nitrogens with zero attached hydrogens (tertiary/aromatic N) is 2. The van der Waals surface area contributed by atoms with Gasteiger partial charge in [-0.05, 0) is 85.7 Å². The van der Waals surface area contributed by atoms with Crippen molar-refractivity contribution in [3.05, 3.63) is 119 Å². The fourth-order valence-corrected chi connectivity index (χ4v) is 5.28. The minimum Gasteiger partial charge on any atom is -0.388 e. The molecule has 0 saturated heterocycles. The first-order valence-corrected chi connectivity index (χ1v) is 14.8. The molecule has 0 radical (unpaired) electrons. The van der Waals surface area contributed by atoms with Crippen LogP contribution >= 0.6 is 0 Å². The normalized spacial score (nSPS) is 13.6. The largest absolute Gasteiger partial charge is 0.388 e. The number of hydrogen-bond acceptors (Lipinski definition) is 4. The quantitative estimate of drug-likeness (QED) is 0.174. The Kier molecular flexibility index (Phi) is 10.9. The number of benzene rings is 4. The number of fused-ring (bicyclic) bond motifs is 1. The van der Waals surface area contributed by atoms with Gasteiger partial charge in [-0.1, -0.05) is 84.9 Å². The van der Waals surface area contributed by atoms with Crippen molar-refractivity contribution in [3.63, 3.8) is 0 Å². The molecule has 0 saturated carbocycles. The number of aliphatic hydroxyl groups is 2. The minimum atomic E-state index is -0.515. The van der Waals surface area contributed by atoms with E-state index in [1.807, 2.05) is 24.3 Å².